The van der Waals surface area contributed by atoms with Gasteiger partial charge in [-0.2, -0.15) is 5.10 Å². The standard InChI is InChI=1S/C26H36BN5O6/c1-18(2)14-23(27(35)36)30-25(34)26(15-19-6-4-3-5-7-19)16-20(31-38-26)17-28-24(33)22-8-11-29-32(22)21-9-12-37-13-10-21/h3-8,11,18,21,23,35-36H,9-10,12-17H2,1-2H3,(H,28,33)(H,30,34). The van der Waals surface area contributed by atoms with Gasteiger partial charge in [-0.25, -0.2) is 0 Å². The molecule has 2 amide bonds. The first-order chi connectivity index (χ1) is 18.3. The van der Waals surface area contributed by atoms with Gasteiger partial charge in [0.05, 0.1) is 24.2 Å². The van der Waals surface area contributed by atoms with E-state index in [1.807, 2.05) is 44.2 Å². The molecule has 0 spiro atoms. The minimum Gasteiger partial charge on any atom is -0.426 e. The molecular formula is C26H36BN5O6. The maximum Gasteiger partial charge on any atom is 0.475 e. The maximum atomic E-state index is 13.5. The Morgan fingerprint density at radius 1 is 1.18 bits per heavy atom. The van der Waals surface area contributed by atoms with E-state index in [0.717, 1.165) is 18.4 Å². The highest BCUT2D eigenvalue weighted by Gasteiger charge is 2.48. The fourth-order valence-corrected chi connectivity index (χ4v) is 4.91. The van der Waals surface area contributed by atoms with Crippen LogP contribution in [0.5, 0.6) is 0 Å². The van der Waals surface area contributed by atoms with Crippen LogP contribution in [0.4, 0.5) is 0 Å². The lowest BCUT2D eigenvalue weighted by Crippen LogP contribution is -2.56. The third-order valence-electron chi connectivity index (χ3n) is 6.88. The second kappa shape index (κ2) is 12.6. The van der Waals surface area contributed by atoms with E-state index in [1.165, 1.54) is 0 Å². The van der Waals surface area contributed by atoms with Crippen LogP contribution < -0.4 is 10.6 Å². The average Bonchev–Trinajstić information content (AvgIpc) is 3.56. The summed E-state index contributed by atoms with van der Waals surface area (Å²) in [5, 5.41) is 33.8. The lowest BCUT2D eigenvalue weighted by molar-refractivity contribution is -0.144. The Hall–Kier alpha value is -3.22. The van der Waals surface area contributed by atoms with Crippen molar-refractivity contribution in [2.45, 2.75) is 63.5 Å². The highest BCUT2D eigenvalue weighted by Crippen LogP contribution is 2.29. The molecule has 1 aromatic carbocycles. The Morgan fingerprint density at radius 2 is 1.92 bits per heavy atom. The number of rotatable bonds is 11. The molecule has 2 aliphatic heterocycles. The van der Waals surface area contributed by atoms with Crippen LogP contribution in [0.15, 0.2) is 47.8 Å². The number of aromatic nitrogens is 2. The van der Waals surface area contributed by atoms with Gasteiger partial charge in [0.25, 0.3) is 11.8 Å². The van der Waals surface area contributed by atoms with Crippen molar-refractivity contribution in [2.24, 2.45) is 11.1 Å². The molecule has 2 aliphatic rings. The molecule has 1 aromatic heterocycles. The normalized spacial score (nSPS) is 20.5. The zero-order chi connectivity index (χ0) is 27.1. The average molecular weight is 525 g/mol. The molecule has 11 nitrogen and oxygen atoms in total. The van der Waals surface area contributed by atoms with Crippen LogP contribution in [0.3, 0.4) is 0 Å². The van der Waals surface area contributed by atoms with Gasteiger partial charge < -0.3 is 30.3 Å². The summed E-state index contributed by atoms with van der Waals surface area (Å²) in [5.74, 6) is -1.49. The van der Waals surface area contributed by atoms with Crippen LogP contribution in [0.2, 0.25) is 0 Å². The third-order valence-corrected chi connectivity index (χ3v) is 6.88. The summed E-state index contributed by atoms with van der Waals surface area (Å²) in [4.78, 5) is 32.3. The van der Waals surface area contributed by atoms with Crippen LogP contribution in [-0.2, 0) is 20.8 Å². The summed E-state index contributed by atoms with van der Waals surface area (Å²) in [6.45, 7) is 5.24. The minimum atomic E-state index is -1.71. The molecule has 38 heavy (non-hydrogen) atoms. The second-order valence-electron chi connectivity index (χ2n) is 10.4. The summed E-state index contributed by atoms with van der Waals surface area (Å²) in [5.41, 5.74) is 0.452. The van der Waals surface area contributed by atoms with E-state index in [1.54, 1.807) is 16.9 Å². The van der Waals surface area contributed by atoms with Crippen LogP contribution in [-0.4, -0.2) is 75.8 Å². The van der Waals surface area contributed by atoms with E-state index in [0.29, 0.717) is 31.0 Å². The van der Waals surface area contributed by atoms with Gasteiger partial charge in [0.2, 0.25) is 5.60 Å². The van der Waals surface area contributed by atoms with E-state index < -0.39 is 24.6 Å². The first-order valence-corrected chi connectivity index (χ1v) is 13.1. The van der Waals surface area contributed by atoms with Crippen LogP contribution in [0, 0.1) is 5.92 Å². The number of carbonyl (C=O) groups excluding carboxylic acids is 2. The zero-order valence-electron chi connectivity index (χ0n) is 21.9. The number of ether oxygens (including phenoxy) is 1. The molecule has 2 atom stereocenters. The van der Waals surface area contributed by atoms with Crippen molar-refractivity contribution in [2.75, 3.05) is 19.8 Å². The van der Waals surface area contributed by atoms with Crippen molar-refractivity contribution in [3.8, 4) is 0 Å². The highest BCUT2D eigenvalue weighted by atomic mass is 16.7. The molecule has 2 aromatic rings. The number of benzene rings is 1. The number of amides is 2. The monoisotopic (exact) mass is 525 g/mol. The quantitative estimate of drug-likeness (QED) is 0.323. The molecular weight excluding hydrogens is 489 g/mol. The van der Waals surface area contributed by atoms with E-state index in [9.17, 15) is 19.6 Å². The number of oxime groups is 1. The van der Waals surface area contributed by atoms with Crippen LogP contribution in [0.1, 0.15) is 61.6 Å². The molecule has 4 rings (SSSR count). The summed E-state index contributed by atoms with van der Waals surface area (Å²) in [6, 6.07) is 11.2. The smallest absolute Gasteiger partial charge is 0.426 e. The van der Waals surface area contributed by atoms with Gasteiger partial charge >= 0.3 is 7.12 Å². The van der Waals surface area contributed by atoms with Crippen molar-refractivity contribution in [1.29, 1.82) is 0 Å². The van der Waals surface area contributed by atoms with Crippen molar-refractivity contribution in [3.63, 3.8) is 0 Å². The first kappa shape index (κ1) is 27.8. The van der Waals surface area contributed by atoms with Crippen molar-refractivity contribution in [1.82, 2.24) is 20.4 Å². The van der Waals surface area contributed by atoms with Crippen LogP contribution in [0.25, 0.3) is 0 Å². The van der Waals surface area contributed by atoms with Crippen LogP contribution >= 0.6 is 0 Å². The predicted molar refractivity (Wildman–Crippen MR) is 141 cm³/mol. The molecule has 12 heteroatoms. The molecule has 1 fully saturated rings. The van der Waals surface area contributed by atoms with Gasteiger partial charge in [0, 0.05) is 32.3 Å². The Kier molecular flexibility index (Phi) is 9.19. The first-order valence-electron chi connectivity index (χ1n) is 13.1. The van der Waals surface area contributed by atoms with Gasteiger partial charge in [0.15, 0.2) is 0 Å². The summed E-state index contributed by atoms with van der Waals surface area (Å²) in [7, 11) is -1.71. The SMILES string of the molecule is CC(C)CC(NC(=O)C1(Cc2ccccc2)CC(CNC(=O)c2ccnn2C2CCOCC2)=NO1)B(O)O. The van der Waals surface area contributed by atoms with Gasteiger partial charge in [-0.1, -0.05) is 49.3 Å². The van der Waals surface area contributed by atoms with Gasteiger partial charge in [-0.3, -0.25) is 14.3 Å². The zero-order valence-corrected chi connectivity index (χ0v) is 21.9. The number of hydrogen-bond acceptors (Lipinski definition) is 8. The molecule has 0 aliphatic carbocycles. The Morgan fingerprint density at radius 3 is 2.61 bits per heavy atom. The van der Waals surface area contributed by atoms with Crippen molar-refractivity contribution < 1.29 is 29.2 Å². The predicted octanol–water partition coefficient (Wildman–Crippen LogP) is 1.27. The molecule has 0 radical (unpaired) electrons. The molecule has 204 valence electrons. The molecule has 3 heterocycles. The lowest BCUT2D eigenvalue weighted by atomic mass is 9.74. The lowest BCUT2D eigenvalue weighted by Gasteiger charge is -2.29. The van der Waals surface area contributed by atoms with E-state index in [4.69, 9.17) is 9.57 Å². The summed E-state index contributed by atoms with van der Waals surface area (Å²) < 4.78 is 7.16. The summed E-state index contributed by atoms with van der Waals surface area (Å²) >= 11 is 0. The number of nitrogens with zero attached hydrogens (tertiary/aromatic N) is 3. The molecule has 4 N–H and O–H groups in total. The second-order valence-corrected chi connectivity index (χ2v) is 10.4. The van der Waals surface area contributed by atoms with E-state index in [2.05, 4.69) is 20.9 Å². The third kappa shape index (κ3) is 6.80. The van der Waals surface area contributed by atoms with E-state index >= 15 is 0 Å². The molecule has 0 saturated carbocycles. The molecule has 0 bridgehead atoms. The van der Waals surface area contributed by atoms with Gasteiger partial charge in [0.1, 0.15) is 5.69 Å². The van der Waals surface area contributed by atoms with Gasteiger partial charge in [-0.05, 0) is 36.8 Å². The number of hydrogen-bond donors (Lipinski definition) is 4. The topological polar surface area (TPSA) is 147 Å². The molecule has 2 unspecified atom stereocenters. The Balaban J connectivity index is 1.44. The van der Waals surface area contributed by atoms with Gasteiger partial charge in [-0.15, -0.1) is 0 Å². The Bertz CT molecular complexity index is 1120. The Labute approximate surface area is 222 Å². The number of carbonyl (C=O) groups is 2. The largest absolute Gasteiger partial charge is 0.475 e. The fourth-order valence-electron chi connectivity index (χ4n) is 4.91. The summed E-state index contributed by atoms with van der Waals surface area (Å²) in [6.07, 6.45) is 3.95. The number of nitrogens with one attached hydrogen (secondary N) is 2. The fraction of sp³-hybridized carbons (Fsp3) is 0.538. The van der Waals surface area contributed by atoms with Crippen molar-refractivity contribution in [3.05, 3.63) is 53.9 Å². The van der Waals surface area contributed by atoms with Crippen molar-refractivity contribution >= 4 is 24.6 Å². The molecule has 1 saturated heterocycles. The maximum absolute atomic E-state index is 13.5. The van der Waals surface area contributed by atoms with E-state index in [-0.39, 0.29) is 37.3 Å². The minimum absolute atomic E-state index is 0.0969. The highest BCUT2D eigenvalue weighted by molar-refractivity contribution is 6.43.